The first kappa shape index (κ1) is 20.6. The molecular formula is C21H28N6O2. The number of carbonyl (C=O) groups excluding carboxylic acids is 2. The van der Waals surface area contributed by atoms with Gasteiger partial charge >= 0.3 is 0 Å². The van der Waals surface area contributed by atoms with Crippen LogP contribution < -0.4 is 20.7 Å². The highest BCUT2D eigenvalue weighted by atomic mass is 16.2. The van der Waals surface area contributed by atoms with Crippen LogP contribution in [0.4, 0.5) is 11.6 Å². The summed E-state index contributed by atoms with van der Waals surface area (Å²) in [4.78, 5) is 37.4. The lowest BCUT2D eigenvalue weighted by Crippen LogP contribution is -2.47. The Balaban J connectivity index is 1.45. The van der Waals surface area contributed by atoms with Gasteiger partial charge in [-0.3, -0.25) is 20.4 Å². The first-order chi connectivity index (χ1) is 14.1. The maximum absolute atomic E-state index is 12.4. The highest BCUT2D eigenvalue weighted by molar-refractivity contribution is 5.95. The van der Waals surface area contributed by atoms with Gasteiger partial charge in [0.05, 0.1) is 0 Å². The van der Waals surface area contributed by atoms with Crippen molar-refractivity contribution < 1.29 is 9.59 Å². The maximum atomic E-state index is 12.4. The summed E-state index contributed by atoms with van der Waals surface area (Å²) in [6.45, 7) is 4.50. The standard InChI is InChI=1S/C21H28N6O2/c1-3-13-26(2)18-7-5-16(6-8-18)19(28)24-25-20(29)17-9-14-27(15-10-17)21-22-11-4-12-23-21/h4-8,11-12,17H,3,9-10,13-15H2,1-2H3,(H,24,28)(H,25,29). The molecule has 1 aromatic carbocycles. The number of hydrogen-bond donors (Lipinski definition) is 2. The van der Waals surface area contributed by atoms with Crippen LogP contribution >= 0.6 is 0 Å². The van der Waals surface area contributed by atoms with E-state index < -0.39 is 0 Å². The van der Waals surface area contributed by atoms with Gasteiger partial charge in [0.25, 0.3) is 5.91 Å². The molecule has 2 N–H and O–H groups in total. The average Bonchev–Trinajstić information content (AvgIpc) is 2.78. The van der Waals surface area contributed by atoms with Crippen LogP contribution in [0.3, 0.4) is 0 Å². The van der Waals surface area contributed by atoms with E-state index in [1.807, 2.05) is 19.2 Å². The number of nitrogens with zero attached hydrogens (tertiary/aromatic N) is 4. The summed E-state index contributed by atoms with van der Waals surface area (Å²) in [6, 6.07) is 9.13. The van der Waals surface area contributed by atoms with Gasteiger partial charge in [0.15, 0.2) is 0 Å². The summed E-state index contributed by atoms with van der Waals surface area (Å²) < 4.78 is 0. The number of carbonyl (C=O) groups is 2. The Morgan fingerprint density at radius 1 is 1.10 bits per heavy atom. The van der Waals surface area contributed by atoms with Crippen LogP contribution in [0.2, 0.25) is 0 Å². The van der Waals surface area contributed by atoms with Crippen LogP contribution in [0.5, 0.6) is 0 Å². The third-order valence-electron chi connectivity index (χ3n) is 5.13. The second-order valence-corrected chi connectivity index (χ2v) is 7.22. The highest BCUT2D eigenvalue weighted by Crippen LogP contribution is 2.20. The van der Waals surface area contributed by atoms with Crippen molar-refractivity contribution in [3.05, 3.63) is 48.3 Å². The fourth-order valence-corrected chi connectivity index (χ4v) is 3.42. The quantitative estimate of drug-likeness (QED) is 0.726. The summed E-state index contributed by atoms with van der Waals surface area (Å²) in [5.74, 6) is 0.0671. The van der Waals surface area contributed by atoms with Crippen molar-refractivity contribution in [2.45, 2.75) is 26.2 Å². The minimum Gasteiger partial charge on any atom is -0.375 e. The molecule has 0 aliphatic carbocycles. The molecule has 2 aromatic rings. The second kappa shape index (κ2) is 9.86. The van der Waals surface area contributed by atoms with E-state index >= 15 is 0 Å². The smallest absolute Gasteiger partial charge is 0.269 e. The van der Waals surface area contributed by atoms with E-state index in [2.05, 4.69) is 37.5 Å². The van der Waals surface area contributed by atoms with Gasteiger partial charge in [-0.25, -0.2) is 9.97 Å². The Bertz CT molecular complexity index is 804. The third-order valence-corrected chi connectivity index (χ3v) is 5.13. The largest absolute Gasteiger partial charge is 0.375 e. The van der Waals surface area contributed by atoms with Crippen molar-refractivity contribution >= 4 is 23.5 Å². The van der Waals surface area contributed by atoms with Gasteiger partial charge in [-0.15, -0.1) is 0 Å². The van der Waals surface area contributed by atoms with Gasteiger partial charge in [-0.1, -0.05) is 6.92 Å². The molecule has 154 valence electrons. The Labute approximate surface area is 171 Å². The predicted molar refractivity (Wildman–Crippen MR) is 113 cm³/mol. The van der Waals surface area contributed by atoms with Crippen molar-refractivity contribution in [3.63, 3.8) is 0 Å². The molecule has 1 saturated heterocycles. The molecule has 0 radical (unpaired) electrons. The van der Waals surface area contributed by atoms with Gasteiger partial charge in [-0.05, 0) is 49.6 Å². The van der Waals surface area contributed by atoms with Crippen LogP contribution in [0, 0.1) is 5.92 Å². The van der Waals surface area contributed by atoms with E-state index in [0.29, 0.717) is 37.4 Å². The average molecular weight is 396 g/mol. The first-order valence-electron chi connectivity index (χ1n) is 10.0. The molecule has 29 heavy (non-hydrogen) atoms. The Morgan fingerprint density at radius 3 is 2.38 bits per heavy atom. The fraction of sp³-hybridized carbons (Fsp3) is 0.429. The fourth-order valence-electron chi connectivity index (χ4n) is 3.42. The molecule has 8 heteroatoms. The number of piperidine rings is 1. The highest BCUT2D eigenvalue weighted by Gasteiger charge is 2.26. The van der Waals surface area contributed by atoms with E-state index in [1.54, 1.807) is 30.6 Å². The van der Waals surface area contributed by atoms with E-state index in [1.165, 1.54) is 0 Å². The van der Waals surface area contributed by atoms with Gasteiger partial charge in [0, 0.05) is 56.2 Å². The van der Waals surface area contributed by atoms with Crippen molar-refractivity contribution in [2.24, 2.45) is 5.92 Å². The first-order valence-corrected chi connectivity index (χ1v) is 10.0. The normalized spacial score (nSPS) is 14.3. The lowest BCUT2D eigenvalue weighted by Gasteiger charge is -2.31. The van der Waals surface area contributed by atoms with Gasteiger partial charge in [-0.2, -0.15) is 0 Å². The zero-order valence-corrected chi connectivity index (χ0v) is 17.0. The summed E-state index contributed by atoms with van der Waals surface area (Å²) in [5.41, 5.74) is 6.65. The minimum atomic E-state index is -0.321. The lowest BCUT2D eigenvalue weighted by molar-refractivity contribution is -0.126. The van der Waals surface area contributed by atoms with Crippen LogP contribution in [-0.2, 0) is 4.79 Å². The summed E-state index contributed by atoms with van der Waals surface area (Å²) in [6.07, 6.45) is 5.87. The molecule has 0 unspecified atom stereocenters. The number of amides is 2. The van der Waals surface area contributed by atoms with Crippen molar-refractivity contribution in [1.82, 2.24) is 20.8 Å². The minimum absolute atomic E-state index is 0.139. The zero-order valence-electron chi connectivity index (χ0n) is 17.0. The van der Waals surface area contributed by atoms with Gasteiger partial charge in [0.2, 0.25) is 11.9 Å². The number of rotatable bonds is 6. The van der Waals surface area contributed by atoms with Gasteiger partial charge in [0.1, 0.15) is 0 Å². The van der Waals surface area contributed by atoms with Crippen LogP contribution in [0.1, 0.15) is 36.5 Å². The Morgan fingerprint density at radius 2 is 1.76 bits per heavy atom. The molecule has 2 heterocycles. The molecule has 0 bridgehead atoms. The topological polar surface area (TPSA) is 90.5 Å². The number of anilines is 2. The van der Waals surface area contributed by atoms with E-state index in [9.17, 15) is 9.59 Å². The third kappa shape index (κ3) is 5.43. The van der Waals surface area contributed by atoms with Crippen molar-refractivity contribution in [1.29, 1.82) is 0 Å². The number of hydrazine groups is 1. The molecule has 8 nitrogen and oxygen atoms in total. The molecule has 2 amide bonds. The summed E-state index contributed by atoms with van der Waals surface area (Å²) >= 11 is 0. The summed E-state index contributed by atoms with van der Waals surface area (Å²) in [5, 5.41) is 0. The monoisotopic (exact) mass is 396 g/mol. The zero-order chi connectivity index (χ0) is 20.6. The maximum Gasteiger partial charge on any atom is 0.269 e. The Hall–Kier alpha value is -3.16. The molecular weight excluding hydrogens is 368 g/mol. The molecule has 1 aliphatic heterocycles. The molecule has 0 atom stereocenters. The predicted octanol–water partition coefficient (Wildman–Crippen LogP) is 2.00. The summed E-state index contributed by atoms with van der Waals surface area (Å²) in [7, 11) is 2.02. The molecule has 1 aromatic heterocycles. The van der Waals surface area contributed by atoms with Gasteiger partial charge < -0.3 is 9.80 Å². The van der Waals surface area contributed by atoms with E-state index in [4.69, 9.17) is 0 Å². The SMILES string of the molecule is CCCN(C)c1ccc(C(=O)NNC(=O)C2CCN(c3ncccn3)CC2)cc1. The van der Waals surface area contributed by atoms with Crippen LogP contribution in [-0.4, -0.2) is 48.5 Å². The molecule has 3 rings (SSSR count). The molecule has 1 aliphatic rings. The van der Waals surface area contributed by atoms with Crippen LogP contribution in [0.25, 0.3) is 0 Å². The number of nitrogens with one attached hydrogen (secondary N) is 2. The molecule has 1 fully saturated rings. The number of hydrogen-bond acceptors (Lipinski definition) is 6. The van der Waals surface area contributed by atoms with Crippen LogP contribution in [0.15, 0.2) is 42.7 Å². The lowest BCUT2D eigenvalue weighted by atomic mass is 9.96. The Kier molecular flexibility index (Phi) is 6.99. The van der Waals surface area contributed by atoms with Crippen molar-refractivity contribution in [3.8, 4) is 0 Å². The second-order valence-electron chi connectivity index (χ2n) is 7.22. The number of benzene rings is 1. The number of aromatic nitrogens is 2. The van der Waals surface area contributed by atoms with E-state index in [0.717, 1.165) is 18.7 Å². The van der Waals surface area contributed by atoms with E-state index in [-0.39, 0.29) is 17.7 Å². The van der Waals surface area contributed by atoms with Crippen molar-refractivity contribution in [2.75, 3.05) is 36.5 Å². The molecule has 0 saturated carbocycles. The molecule has 0 spiro atoms.